The topological polar surface area (TPSA) is 75.0 Å². The maximum absolute atomic E-state index is 10.9. The highest BCUT2D eigenvalue weighted by molar-refractivity contribution is 5.90. The zero-order valence-corrected chi connectivity index (χ0v) is 8.86. The Morgan fingerprint density at radius 3 is 2.80 bits per heavy atom. The standard InChI is InChI=1S/C10H16N4O/c1-14-4-2-7(3-5-14)10-12-6-8(13-10)9(11)15/h6-7H,2-5H2,1H3,(H2,11,15)(H,12,13). The third-order valence-corrected chi connectivity index (χ3v) is 2.97. The Hall–Kier alpha value is -1.36. The number of nitrogens with one attached hydrogen (secondary N) is 1. The number of amides is 1. The fourth-order valence-corrected chi connectivity index (χ4v) is 1.95. The Labute approximate surface area is 88.7 Å². The molecule has 0 aliphatic carbocycles. The highest BCUT2D eigenvalue weighted by Gasteiger charge is 2.21. The molecule has 3 N–H and O–H groups in total. The molecule has 0 saturated carbocycles. The molecule has 0 bridgehead atoms. The number of hydrogen-bond acceptors (Lipinski definition) is 3. The molecule has 0 radical (unpaired) electrons. The Bertz CT molecular complexity index is 352. The molecule has 0 aromatic carbocycles. The molecule has 1 aliphatic heterocycles. The molecule has 82 valence electrons. The van der Waals surface area contributed by atoms with Gasteiger partial charge in [-0.05, 0) is 33.0 Å². The van der Waals surface area contributed by atoms with Crippen molar-refractivity contribution in [3.63, 3.8) is 0 Å². The first kappa shape index (κ1) is 10.2. The number of imidazole rings is 1. The quantitative estimate of drug-likeness (QED) is 0.735. The summed E-state index contributed by atoms with van der Waals surface area (Å²) in [5.41, 5.74) is 5.57. The van der Waals surface area contributed by atoms with E-state index in [-0.39, 0.29) is 0 Å². The molecule has 2 rings (SSSR count). The summed E-state index contributed by atoms with van der Waals surface area (Å²) < 4.78 is 0. The Balaban J connectivity index is 2.06. The fraction of sp³-hybridized carbons (Fsp3) is 0.600. The molecule has 1 aliphatic rings. The minimum absolute atomic E-state index is 0.406. The van der Waals surface area contributed by atoms with Gasteiger partial charge >= 0.3 is 0 Å². The lowest BCUT2D eigenvalue weighted by molar-refractivity contribution is 0.0996. The Morgan fingerprint density at radius 1 is 1.60 bits per heavy atom. The molecule has 2 heterocycles. The second-order valence-corrected chi connectivity index (χ2v) is 4.12. The molecule has 1 aromatic rings. The molecule has 15 heavy (non-hydrogen) atoms. The van der Waals surface area contributed by atoms with Crippen LogP contribution in [0.1, 0.15) is 35.1 Å². The number of nitrogens with two attached hydrogens (primary N) is 1. The first-order valence-corrected chi connectivity index (χ1v) is 5.20. The maximum Gasteiger partial charge on any atom is 0.266 e. The SMILES string of the molecule is CN1CCC(c2ncc(C(N)=O)[nH]2)CC1. The van der Waals surface area contributed by atoms with E-state index in [1.54, 1.807) is 0 Å². The zero-order chi connectivity index (χ0) is 10.8. The van der Waals surface area contributed by atoms with Gasteiger partial charge in [0.2, 0.25) is 0 Å². The number of aromatic nitrogens is 2. The lowest BCUT2D eigenvalue weighted by Gasteiger charge is -2.27. The normalized spacial score (nSPS) is 19.3. The summed E-state index contributed by atoms with van der Waals surface area (Å²) >= 11 is 0. The van der Waals surface area contributed by atoms with Gasteiger partial charge in [-0.1, -0.05) is 0 Å². The fourth-order valence-electron chi connectivity index (χ4n) is 1.95. The molecule has 0 unspecified atom stereocenters. The van der Waals surface area contributed by atoms with E-state index in [0.29, 0.717) is 11.6 Å². The van der Waals surface area contributed by atoms with Crippen molar-refractivity contribution in [2.75, 3.05) is 20.1 Å². The average molecular weight is 208 g/mol. The molecular formula is C10H16N4O. The monoisotopic (exact) mass is 208 g/mol. The second kappa shape index (κ2) is 4.02. The van der Waals surface area contributed by atoms with E-state index in [4.69, 9.17) is 5.73 Å². The van der Waals surface area contributed by atoms with Crippen LogP contribution in [0.25, 0.3) is 0 Å². The van der Waals surface area contributed by atoms with Gasteiger partial charge in [-0.15, -0.1) is 0 Å². The highest BCUT2D eigenvalue weighted by atomic mass is 16.1. The third-order valence-electron chi connectivity index (χ3n) is 2.97. The first-order chi connectivity index (χ1) is 7.16. The van der Waals surface area contributed by atoms with Crippen LogP contribution < -0.4 is 5.73 Å². The number of hydrogen-bond donors (Lipinski definition) is 2. The van der Waals surface area contributed by atoms with E-state index in [9.17, 15) is 4.79 Å². The molecular weight excluding hydrogens is 192 g/mol. The second-order valence-electron chi connectivity index (χ2n) is 4.12. The molecule has 1 aromatic heterocycles. The van der Waals surface area contributed by atoms with Crippen LogP contribution >= 0.6 is 0 Å². The largest absolute Gasteiger partial charge is 0.364 e. The maximum atomic E-state index is 10.9. The van der Waals surface area contributed by atoms with Gasteiger partial charge in [-0.25, -0.2) is 4.98 Å². The summed E-state index contributed by atoms with van der Waals surface area (Å²) in [5.74, 6) is 0.896. The van der Waals surface area contributed by atoms with Crippen molar-refractivity contribution in [1.82, 2.24) is 14.9 Å². The van der Waals surface area contributed by atoms with E-state index in [1.165, 1.54) is 6.20 Å². The number of primary amides is 1. The summed E-state index contributed by atoms with van der Waals surface area (Å²) in [5, 5.41) is 0. The van der Waals surface area contributed by atoms with Gasteiger partial charge in [0.15, 0.2) is 0 Å². The van der Waals surface area contributed by atoms with Crippen molar-refractivity contribution in [3.05, 3.63) is 17.7 Å². The lowest BCUT2D eigenvalue weighted by atomic mass is 9.97. The average Bonchev–Trinajstić information content (AvgIpc) is 2.68. The third kappa shape index (κ3) is 2.18. The molecule has 1 amide bonds. The van der Waals surface area contributed by atoms with Crippen molar-refractivity contribution in [2.24, 2.45) is 5.73 Å². The smallest absolute Gasteiger partial charge is 0.266 e. The van der Waals surface area contributed by atoms with Crippen LogP contribution in [-0.2, 0) is 0 Å². The molecule has 5 nitrogen and oxygen atoms in total. The summed E-state index contributed by atoms with van der Waals surface area (Å²) in [6.07, 6.45) is 3.69. The molecule has 5 heteroatoms. The Kier molecular flexibility index (Phi) is 2.73. The van der Waals surface area contributed by atoms with E-state index >= 15 is 0 Å². The molecule has 1 saturated heterocycles. The first-order valence-electron chi connectivity index (χ1n) is 5.20. The van der Waals surface area contributed by atoms with Gasteiger partial charge in [-0.3, -0.25) is 4.79 Å². The predicted molar refractivity (Wildman–Crippen MR) is 56.6 cm³/mol. The molecule has 0 atom stereocenters. The number of rotatable bonds is 2. The van der Waals surface area contributed by atoms with Gasteiger partial charge in [0.1, 0.15) is 11.5 Å². The number of likely N-dealkylation sites (tertiary alicyclic amines) is 1. The lowest BCUT2D eigenvalue weighted by Crippen LogP contribution is -2.29. The van der Waals surface area contributed by atoms with Gasteiger partial charge in [0.25, 0.3) is 5.91 Å². The van der Waals surface area contributed by atoms with Crippen LogP contribution in [0.4, 0.5) is 0 Å². The van der Waals surface area contributed by atoms with Crippen molar-refractivity contribution in [3.8, 4) is 0 Å². The van der Waals surface area contributed by atoms with Crippen molar-refractivity contribution in [2.45, 2.75) is 18.8 Å². The number of piperidine rings is 1. The van der Waals surface area contributed by atoms with Crippen LogP contribution in [-0.4, -0.2) is 40.9 Å². The summed E-state index contributed by atoms with van der Waals surface area (Å²) in [4.78, 5) is 20.4. The summed E-state index contributed by atoms with van der Waals surface area (Å²) in [6.45, 7) is 2.16. The predicted octanol–water partition coefficient (Wildman–Crippen LogP) is 0.318. The minimum Gasteiger partial charge on any atom is -0.364 e. The summed E-state index contributed by atoms with van der Waals surface area (Å²) in [6, 6.07) is 0. The Morgan fingerprint density at radius 2 is 2.27 bits per heavy atom. The van der Waals surface area contributed by atoms with E-state index in [2.05, 4.69) is 21.9 Å². The van der Waals surface area contributed by atoms with Gasteiger partial charge in [0.05, 0.1) is 6.20 Å². The van der Waals surface area contributed by atoms with Crippen LogP contribution in [0, 0.1) is 0 Å². The number of carbonyl (C=O) groups excluding carboxylic acids is 1. The number of H-pyrrole nitrogens is 1. The van der Waals surface area contributed by atoms with E-state index in [1.807, 2.05) is 0 Å². The van der Waals surface area contributed by atoms with E-state index in [0.717, 1.165) is 31.8 Å². The highest BCUT2D eigenvalue weighted by Crippen LogP contribution is 2.24. The number of carbonyl (C=O) groups is 1. The summed E-state index contributed by atoms with van der Waals surface area (Å²) in [7, 11) is 2.12. The van der Waals surface area contributed by atoms with E-state index < -0.39 is 5.91 Å². The zero-order valence-electron chi connectivity index (χ0n) is 8.86. The van der Waals surface area contributed by atoms with Crippen molar-refractivity contribution >= 4 is 5.91 Å². The van der Waals surface area contributed by atoms with Crippen LogP contribution in [0.2, 0.25) is 0 Å². The van der Waals surface area contributed by atoms with Crippen LogP contribution in [0.3, 0.4) is 0 Å². The van der Waals surface area contributed by atoms with Gasteiger partial charge < -0.3 is 15.6 Å². The number of nitrogens with zero attached hydrogens (tertiary/aromatic N) is 2. The van der Waals surface area contributed by atoms with Crippen molar-refractivity contribution in [1.29, 1.82) is 0 Å². The van der Waals surface area contributed by atoms with Crippen molar-refractivity contribution < 1.29 is 4.79 Å². The van der Waals surface area contributed by atoms with Crippen LogP contribution in [0.15, 0.2) is 6.20 Å². The van der Waals surface area contributed by atoms with Crippen LogP contribution in [0.5, 0.6) is 0 Å². The molecule has 0 spiro atoms. The van der Waals surface area contributed by atoms with Gasteiger partial charge in [-0.2, -0.15) is 0 Å². The molecule has 1 fully saturated rings. The minimum atomic E-state index is -0.443. The number of aromatic amines is 1. The van der Waals surface area contributed by atoms with Gasteiger partial charge in [0, 0.05) is 5.92 Å².